The second-order valence-electron chi connectivity index (χ2n) is 9.25. The smallest absolute Gasteiger partial charge is 0.151 e. The van der Waals surface area contributed by atoms with Gasteiger partial charge in [-0.3, -0.25) is 0 Å². The summed E-state index contributed by atoms with van der Waals surface area (Å²) >= 11 is 0. The Hall–Kier alpha value is -3.52. The molecule has 0 saturated heterocycles. The van der Waals surface area contributed by atoms with Gasteiger partial charge in [0, 0.05) is 0 Å². The third-order valence-corrected chi connectivity index (χ3v) is 6.67. The van der Waals surface area contributed by atoms with Crippen molar-refractivity contribution in [2.45, 2.75) is 52.4 Å². The largest absolute Gasteiger partial charge is 0.453 e. The van der Waals surface area contributed by atoms with Gasteiger partial charge >= 0.3 is 0 Å². The molecule has 2 nitrogen and oxygen atoms in total. The molecule has 0 radical (unpaired) electrons. The highest BCUT2D eigenvalue weighted by molar-refractivity contribution is 5.81. The zero-order valence-electron chi connectivity index (χ0n) is 20.2. The second-order valence-corrected chi connectivity index (χ2v) is 9.25. The minimum Gasteiger partial charge on any atom is -0.453 e. The Morgan fingerprint density at radius 3 is 1.35 bits per heavy atom. The Labute approximate surface area is 203 Å². The molecule has 0 saturated carbocycles. The van der Waals surface area contributed by atoms with Crippen LogP contribution in [-0.4, -0.2) is 0 Å². The molecule has 2 heteroatoms. The summed E-state index contributed by atoms with van der Waals surface area (Å²) < 4.78 is 6.39. The van der Waals surface area contributed by atoms with Crippen LogP contribution in [-0.2, 0) is 12.8 Å². The number of anilines is 2. The van der Waals surface area contributed by atoms with Crippen LogP contribution < -0.4 is 10.1 Å². The van der Waals surface area contributed by atoms with E-state index >= 15 is 0 Å². The van der Waals surface area contributed by atoms with E-state index in [2.05, 4.69) is 104 Å². The van der Waals surface area contributed by atoms with Crippen molar-refractivity contribution in [3.8, 4) is 33.8 Å². The van der Waals surface area contributed by atoms with Crippen molar-refractivity contribution in [2.75, 3.05) is 5.32 Å². The Kier molecular flexibility index (Phi) is 6.67. The maximum atomic E-state index is 6.39. The van der Waals surface area contributed by atoms with Gasteiger partial charge in [0.2, 0.25) is 0 Å². The van der Waals surface area contributed by atoms with Crippen LogP contribution in [0, 0.1) is 0 Å². The number of benzene rings is 4. The summed E-state index contributed by atoms with van der Waals surface area (Å²) in [5, 5.41) is 3.54. The Bertz CT molecular complexity index is 1160. The molecule has 0 atom stereocenters. The second kappa shape index (κ2) is 10.2. The van der Waals surface area contributed by atoms with Crippen LogP contribution in [0.1, 0.15) is 50.7 Å². The van der Waals surface area contributed by atoms with Gasteiger partial charge in [-0.05, 0) is 83.3 Å². The van der Waals surface area contributed by atoms with E-state index in [1.807, 2.05) is 0 Å². The summed E-state index contributed by atoms with van der Waals surface area (Å²) in [6.07, 6.45) is 7.22. The van der Waals surface area contributed by atoms with Crippen molar-refractivity contribution in [2.24, 2.45) is 0 Å². The fraction of sp³-hybridized carbons (Fsp3) is 0.250. The van der Waals surface area contributed by atoms with Crippen LogP contribution in [0.3, 0.4) is 0 Å². The van der Waals surface area contributed by atoms with Gasteiger partial charge < -0.3 is 10.1 Å². The predicted octanol–water partition coefficient (Wildman–Crippen LogP) is 9.56. The first kappa shape index (κ1) is 22.3. The van der Waals surface area contributed by atoms with Gasteiger partial charge in [0.1, 0.15) is 0 Å². The fourth-order valence-electron chi connectivity index (χ4n) is 4.53. The summed E-state index contributed by atoms with van der Waals surface area (Å²) in [6, 6.07) is 30.7. The van der Waals surface area contributed by atoms with Crippen LogP contribution in [0.4, 0.5) is 11.4 Å². The van der Waals surface area contributed by atoms with E-state index in [-0.39, 0.29) is 0 Å². The van der Waals surface area contributed by atoms with Crippen LogP contribution in [0.15, 0.2) is 84.9 Å². The highest BCUT2D eigenvalue weighted by Gasteiger charge is 2.18. The van der Waals surface area contributed by atoms with Crippen molar-refractivity contribution >= 4 is 11.4 Å². The molecule has 34 heavy (non-hydrogen) atoms. The van der Waals surface area contributed by atoms with E-state index in [1.165, 1.54) is 59.1 Å². The van der Waals surface area contributed by atoms with Crippen molar-refractivity contribution in [1.82, 2.24) is 0 Å². The maximum Gasteiger partial charge on any atom is 0.151 e. The number of hydrogen-bond acceptors (Lipinski definition) is 2. The average Bonchev–Trinajstić information content (AvgIpc) is 2.89. The number of rotatable bonds is 8. The zero-order valence-corrected chi connectivity index (χ0v) is 20.2. The number of hydrogen-bond donors (Lipinski definition) is 1. The molecule has 0 fully saturated rings. The van der Waals surface area contributed by atoms with Crippen molar-refractivity contribution in [1.29, 1.82) is 0 Å². The van der Waals surface area contributed by atoms with Crippen molar-refractivity contribution in [3.63, 3.8) is 0 Å². The molecule has 1 N–H and O–H groups in total. The minimum absolute atomic E-state index is 0.868. The summed E-state index contributed by atoms with van der Waals surface area (Å²) in [4.78, 5) is 0. The Morgan fingerprint density at radius 1 is 0.529 bits per heavy atom. The van der Waals surface area contributed by atoms with Gasteiger partial charge in [-0.15, -0.1) is 0 Å². The number of aryl methyl sites for hydroxylation is 2. The fourth-order valence-corrected chi connectivity index (χ4v) is 4.53. The molecule has 0 aliphatic carbocycles. The van der Waals surface area contributed by atoms with Gasteiger partial charge in [0.25, 0.3) is 0 Å². The number of ether oxygens (including phenoxy) is 1. The monoisotopic (exact) mass is 447 g/mol. The summed E-state index contributed by atoms with van der Waals surface area (Å²) in [6.45, 7) is 4.47. The van der Waals surface area contributed by atoms with Crippen molar-refractivity contribution in [3.05, 3.63) is 96.1 Å². The molecule has 0 spiro atoms. The van der Waals surface area contributed by atoms with Crippen LogP contribution >= 0.6 is 0 Å². The SMILES string of the molecule is CCCCc1ccc(-c2ccc3c(c2)Oc2cc(-c4ccc(CCCC)cc4)ccc2N3)cc1. The van der Waals surface area contributed by atoms with E-state index in [4.69, 9.17) is 4.74 Å². The summed E-state index contributed by atoms with van der Waals surface area (Å²) in [5.41, 5.74) is 9.59. The van der Waals surface area contributed by atoms with E-state index in [1.54, 1.807) is 0 Å². The highest BCUT2D eigenvalue weighted by atomic mass is 16.5. The van der Waals surface area contributed by atoms with Crippen molar-refractivity contribution < 1.29 is 4.74 Å². The van der Waals surface area contributed by atoms with E-state index in [9.17, 15) is 0 Å². The lowest BCUT2D eigenvalue weighted by Crippen LogP contribution is -2.03. The molecule has 0 bridgehead atoms. The normalized spacial score (nSPS) is 11.8. The van der Waals surface area contributed by atoms with Gasteiger partial charge in [-0.1, -0.05) is 87.4 Å². The van der Waals surface area contributed by atoms with Crippen LogP contribution in [0.25, 0.3) is 22.3 Å². The lowest BCUT2D eigenvalue weighted by molar-refractivity contribution is 0.481. The molecule has 172 valence electrons. The molecule has 0 aromatic heterocycles. The van der Waals surface area contributed by atoms with Crippen LogP contribution in [0.2, 0.25) is 0 Å². The standard InChI is InChI=1S/C32H33NO/c1-3-5-7-23-9-13-25(14-10-23)27-17-19-29-31(21-27)34-32-22-28(18-20-30(32)33-29)26-15-11-24(12-16-26)8-6-4-2/h9-22,33H,3-8H2,1-2H3. The number of unbranched alkanes of at least 4 members (excludes halogenated alkanes) is 2. The van der Waals surface area contributed by atoms with Gasteiger partial charge in [0.15, 0.2) is 11.5 Å². The molecule has 5 rings (SSSR count). The first-order valence-corrected chi connectivity index (χ1v) is 12.6. The van der Waals surface area contributed by atoms with Gasteiger partial charge in [-0.2, -0.15) is 0 Å². The highest BCUT2D eigenvalue weighted by Crippen LogP contribution is 2.45. The molecule has 0 amide bonds. The lowest BCUT2D eigenvalue weighted by Gasteiger charge is -2.23. The number of nitrogens with one attached hydrogen (secondary N) is 1. The van der Waals surface area contributed by atoms with Gasteiger partial charge in [0.05, 0.1) is 11.4 Å². The Morgan fingerprint density at radius 2 is 0.941 bits per heavy atom. The number of fused-ring (bicyclic) bond motifs is 2. The molecular formula is C32H33NO. The summed E-state index contributed by atoms with van der Waals surface area (Å²) in [5.74, 6) is 1.74. The third kappa shape index (κ3) is 4.87. The maximum absolute atomic E-state index is 6.39. The molecule has 4 aromatic rings. The Balaban J connectivity index is 1.36. The summed E-state index contributed by atoms with van der Waals surface area (Å²) in [7, 11) is 0. The first-order chi connectivity index (χ1) is 16.7. The predicted molar refractivity (Wildman–Crippen MR) is 144 cm³/mol. The van der Waals surface area contributed by atoms with Gasteiger partial charge in [-0.25, -0.2) is 0 Å². The molecular weight excluding hydrogens is 414 g/mol. The molecule has 1 heterocycles. The lowest BCUT2D eigenvalue weighted by atomic mass is 10.00. The molecule has 0 unspecified atom stereocenters. The first-order valence-electron chi connectivity index (χ1n) is 12.6. The molecule has 4 aromatic carbocycles. The topological polar surface area (TPSA) is 21.3 Å². The van der Waals surface area contributed by atoms with E-state index < -0.39 is 0 Å². The van der Waals surface area contributed by atoms with E-state index in [0.29, 0.717) is 0 Å². The molecule has 1 aliphatic rings. The van der Waals surface area contributed by atoms with Crippen LogP contribution in [0.5, 0.6) is 11.5 Å². The third-order valence-electron chi connectivity index (χ3n) is 6.67. The zero-order chi connectivity index (χ0) is 23.3. The minimum atomic E-state index is 0.868. The van der Waals surface area contributed by atoms with E-state index in [0.717, 1.165) is 35.7 Å². The average molecular weight is 448 g/mol. The quantitative estimate of drug-likeness (QED) is 0.256. The molecule has 1 aliphatic heterocycles.